The van der Waals surface area contributed by atoms with Crippen molar-refractivity contribution in [3.63, 3.8) is 0 Å². The number of carbonyl (C=O) groups excluding carboxylic acids is 2. The van der Waals surface area contributed by atoms with Gasteiger partial charge in [-0.25, -0.2) is 0 Å². The maximum atomic E-state index is 12.5. The third kappa shape index (κ3) is 10.4. The molecule has 0 N–H and O–H groups in total. The van der Waals surface area contributed by atoms with Crippen LogP contribution in [0.1, 0.15) is 36.0 Å². The van der Waals surface area contributed by atoms with Crippen LogP contribution >= 0.6 is 0 Å². The van der Waals surface area contributed by atoms with Gasteiger partial charge in [-0.2, -0.15) is 0 Å². The Morgan fingerprint density at radius 2 is 1.27 bits per heavy atom. The first-order valence-electron chi connectivity index (χ1n) is 12.8. The number of amides is 1. The van der Waals surface area contributed by atoms with Crippen molar-refractivity contribution in [2.75, 3.05) is 33.9 Å². The fourth-order valence-electron chi connectivity index (χ4n) is 3.81. The van der Waals surface area contributed by atoms with Gasteiger partial charge >= 0.3 is 5.97 Å². The number of esters is 1. The lowest BCUT2D eigenvalue weighted by atomic mass is 10.1. The Morgan fingerprint density at radius 3 is 1.86 bits per heavy atom. The Morgan fingerprint density at radius 1 is 0.703 bits per heavy atom. The van der Waals surface area contributed by atoms with E-state index in [-0.39, 0.29) is 11.9 Å². The summed E-state index contributed by atoms with van der Waals surface area (Å²) in [5.41, 5.74) is 3.38. The number of hydrogen-bond donors (Lipinski definition) is 0. The molecular weight excluding hydrogens is 466 g/mol. The molecule has 6 nitrogen and oxygen atoms in total. The van der Waals surface area contributed by atoms with E-state index >= 15 is 0 Å². The van der Waals surface area contributed by atoms with E-state index in [9.17, 15) is 9.59 Å². The molecule has 0 aromatic heterocycles. The number of methoxy groups -OCH3 is 1. The van der Waals surface area contributed by atoms with Gasteiger partial charge in [-0.1, -0.05) is 54.6 Å². The summed E-state index contributed by atoms with van der Waals surface area (Å²) in [4.78, 5) is 25.5. The second kappa shape index (κ2) is 15.3. The summed E-state index contributed by atoms with van der Waals surface area (Å²) in [6, 6.07) is 25.9. The number of aryl methyl sites for hydroxylation is 1. The van der Waals surface area contributed by atoms with Gasteiger partial charge in [0, 0.05) is 26.4 Å². The minimum absolute atomic E-state index is 0.107. The van der Waals surface area contributed by atoms with Crippen molar-refractivity contribution >= 4 is 11.9 Å². The van der Waals surface area contributed by atoms with Crippen LogP contribution in [-0.4, -0.2) is 50.7 Å². The lowest BCUT2D eigenvalue weighted by molar-refractivity contribution is -0.140. The van der Waals surface area contributed by atoms with Crippen LogP contribution in [0.5, 0.6) is 11.5 Å². The fourth-order valence-corrected chi connectivity index (χ4v) is 3.81. The van der Waals surface area contributed by atoms with Gasteiger partial charge in [0.25, 0.3) is 0 Å². The van der Waals surface area contributed by atoms with Crippen molar-refractivity contribution in [3.05, 3.63) is 95.6 Å². The molecule has 0 saturated heterocycles. The first-order valence-corrected chi connectivity index (χ1v) is 12.8. The molecular formula is C31H37NO5. The Balaban J connectivity index is 1.29. The van der Waals surface area contributed by atoms with E-state index in [1.165, 1.54) is 18.2 Å². The van der Waals surface area contributed by atoms with E-state index < -0.39 is 0 Å². The highest BCUT2D eigenvalue weighted by atomic mass is 16.5. The quantitative estimate of drug-likeness (QED) is 0.209. The third-order valence-corrected chi connectivity index (χ3v) is 6.11. The van der Waals surface area contributed by atoms with Crippen molar-refractivity contribution in [2.24, 2.45) is 0 Å². The van der Waals surface area contributed by atoms with Gasteiger partial charge in [0.2, 0.25) is 5.91 Å². The van der Waals surface area contributed by atoms with Crippen LogP contribution in [0.4, 0.5) is 0 Å². The van der Waals surface area contributed by atoms with Crippen molar-refractivity contribution in [1.29, 1.82) is 0 Å². The van der Waals surface area contributed by atoms with Gasteiger partial charge in [0.05, 0.1) is 26.7 Å². The molecule has 0 spiro atoms. The molecule has 0 unspecified atom stereocenters. The molecule has 0 aliphatic carbocycles. The van der Waals surface area contributed by atoms with Crippen molar-refractivity contribution in [1.82, 2.24) is 4.90 Å². The van der Waals surface area contributed by atoms with Crippen molar-refractivity contribution in [3.8, 4) is 11.5 Å². The molecule has 0 atom stereocenters. The fraction of sp³-hybridized carbons (Fsp3) is 0.355. The molecule has 0 aliphatic heterocycles. The standard InChI is InChI=1S/C31H37NO5/c1-32(21-20-25-8-4-3-5-9-25)30(33)24-27-14-18-29(19-15-27)37-23-7-22-36-28-16-12-26(13-17-28)10-6-11-31(34)35-2/h3-5,8-9,12-19H,6-7,10-11,20-24H2,1-2H3. The molecule has 1 amide bonds. The number of benzene rings is 3. The maximum absolute atomic E-state index is 12.5. The number of hydrogen-bond acceptors (Lipinski definition) is 5. The zero-order valence-corrected chi connectivity index (χ0v) is 21.9. The first-order chi connectivity index (χ1) is 18.0. The van der Waals surface area contributed by atoms with Crippen molar-refractivity contribution < 1.29 is 23.8 Å². The molecule has 37 heavy (non-hydrogen) atoms. The highest BCUT2D eigenvalue weighted by Crippen LogP contribution is 2.16. The lowest BCUT2D eigenvalue weighted by Gasteiger charge is -2.17. The highest BCUT2D eigenvalue weighted by molar-refractivity contribution is 5.78. The molecule has 6 heteroatoms. The van der Waals surface area contributed by atoms with E-state index in [4.69, 9.17) is 9.47 Å². The number of rotatable bonds is 15. The zero-order valence-electron chi connectivity index (χ0n) is 21.9. The van der Waals surface area contributed by atoms with Crippen LogP contribution in [0.15, 0.2) is 78.9 Å². The van der Waals surface area contributed by atoms with Crippen LogP contribution in [0.3, 0.4) is 0 Å². The van der Waals surface area contributed by atoms with Crippen molar-refractivity contribution in [2.45, 2.75) is 38.5 Å². The smallest absolute Gasteiger partial charge is 0.305 e. The molecule has 196 valence electrons. The van der Waals surface area contributed by atoms with E-state index in [1.807, 2.05) is 73.8 Å². The molecule has 3 rings (SSSR count). The van der Waals surface area contributed by atoms with Crippen LogP contribution < -0.4 is 9.47 Å². The van der Waals surface area contributed by atoms with Gasteiger partial charge in [-0.05, 0) is 60.2 Å². The summed E-state index contributed by atoms with van der Waals surface area (Å²) in [6.45, 7) is 1.81. The monoisotopic (exact) mass is 503 g/mol. The SMILES string of the molecule is COC(=O)CCCc1ccc(OCCCOc2ccc(CC(=O)N(C)CCc3ccccc3)cc2)cc1. The van der Waals surface area contributed by atoms with Crippen LogP contribution in [0.2, 0.25) is 0 Å². The number of nitrogens with zero attached hydrogens (tertiary/aromatic N) is 1. The summed E-state index contributed by atoms with van der Waals surface area (Å²) in [6.07, 6.45) is 4.02. The molecule has 0 aliphatic rings. The Kier molecular flexibility index (Phi) is 11.5. The Labute approximate surface area is 220 Å². The van der Waals surface area contributed by atoms with Crippen LogP contribution in [-0.2, 0) is 33.6 Å². The highest BCUT2D eigenvalue weighted by Gasteiger charge is 2.10. The molecule has 3 aromatic rings. The normalized spacial score (nSPS) is 10.5. The molecule has 0 radical (unpaired) electrons. The molecule has 0 fully saturated rings. The molecule has 0 saturated carbocycles. The number of likely N-dealkylation sites (N-methyl/N-ethyl adjacent to an activating group) is 1. The molecule has 0 bridgehead atoms. The first kappa shape index (κ1) is 27.8. The van der Waals surface area contributed by atoms with Crippen LogP contribution in [0, 0.1) is 0 Å². The maximum Gasteiger partial charge on any atom is 0.305 e. The number of ether oxygens (including phenoxy) is 3. The van der Waals surface area contributed by atoms with Gasteiger partial charge in [-0.3, -0.25) is 9.59 Å². The summed E-state index contributed by atoms with van der Waals surface area (Å²) in [5, 5.41) is 0. The summed E-state index contributed by atoms with van der Waals surface area (Å²) >= 11 is 0. The second-order valence-corrected chi connectivity index (χ2v) is 9.00. The van der Waals surface area contributed by atoms with E-state index in [1.54, 1.807) is 4.90 Å². The van der Waals surface area contributed by atoms with Gasteiger partial charge in [0.1, 0.15) is 11.5 Å². The minimum atomic E-state index is -0.175. The predicted octanol–water partition coefficient (Wildman–Crippen LogP) is 5.27. The lowest BCUT2D eigenvalue weighted by Crippen LogP contribution is -2.30. The molecule has 3 aromatic carbocycles. The van der Waals surface area contributed by atoms with E-state index in [0.717, 1.165) is 42.7 Å². The van der Waals surface area contributed by atoms with E-state index in [2.05, 4.69) is 16.9 Å². The zero-order chi connectivity index (χ0) is 26.3. The summed E-state index contributed by atoms with van der Waals surface area (Å²) in [7, 11) is 3.27. The number of carbonyl (C=O) groups is 2. The topological polar surface area (TPSA) is 65.1 Å². The summed E-state index contributed by atoms with van der Waals surface area (Å²) in [5.74, 6) is 1.53. The third-order valence-electron chi connectivity index (χ3n) is 6.11. The predicted molar refractivity (Wildman–Crippen MR) is 145 cm³/mol. The average Bonchev–Trinajstić information content (AvgIpc) is 2.93. The van der Waals surface area contributed by atoms with Gasteiger partial charge in [0.15, 0.2) is 0 Å². The Bertz CT molecular complexity index is 1080. The minimum Gasteiger partial charge on any atom is -0.493 e. The second-order valence-electron chi connectivity index (χ2n) is 9.00. The average molecular weight is 504 g/mol. The summed E-state index contributed by atoms with van der Waals surface area (Å²) < 4.78 is 16.3. The Hall–Kier alpha value is -3.80. The van der Waals surface area contributed by atoms with Gasteiger partial charge < -0.3 is 19.1 Å². The van der Waals surface area contributed by atoms with Crippen LogP contribution in [0.25, 0.3) is 0 Å². The van der Waals surface area contributed by atoms with E-state index in [0.29, 0.717) is 32.6 Å². The largest absolute Gasteiger partial charge is 0.493 e. The molecule has 0 heterocycles. The van der Waals surface area contributed by atoms with Gasteiger partial charge in [-0.15, -0.1) is 0 Å².